The van der Waals surface area contributed by atoms with Gasteiger partial charge in [-0.1, -0.05) is 30.3 Å². The fraction of sp³-hybridized carbons (Fsp3) is 0.364. The number of hydrogen-bond donors (Lipinski definition) is 2. The van der Waals surface area contributed by atoms with Crippen LogP contribution >= 0.6 is 24.0 Å². The number of benzene rings is 2. The van der Waals surface area contributed by atoms with Gasteiger partial charge in [0.05, 0.1) is 20.2 Å². The number of para-hydroxylation sites is 1. The molecule has 0 saturated carbocycles. The standard InChI is InChI=1S/C22H28F2N4O3.HI/c1-28(2)20(29)15-27-22(25-13-12-16-8-10-18(30-3)11-9-16)26-14-17-6-4-5-7-19(17)31-21(23)24;/h4-11,21H,12-15H2,1-3H3,(H2,25,26,27);1H. The van der Waals surface area contributed by atoms with Gasteiger partial charge in [-0.3, -0.25) is 4.79 Å². The minimum Gasteiger partial charge on any atom is -0.497 e. The monoisotopic (exact) mass is 562 g/mol. The van der Waals surface area contributed by atoms with E-state index in [0.717, 1.165) is 17.7 Å². The molecule has 0 heterocycles. The van der Waals surface area contributed by atoms with E-state index in [4.69, 9.17) is 4.74 Å². The number of methoxy groups -OCH3 is 1. The lowest BCUT2D eigenvalue weighted by Gasteiger charge is -2.15. The molecule has 2 aromatic carbocycles. The molecule has 0 aliphatic rings. The number of aliphatic imine (C=N–C) groups is 1. The highest BCUT2D eigenvalue weighted by atomic mass is 127. The number of carbonyl (C=O) groups excluding carboxylic acids is 1. The Labute approximate surface area is 204 Å². The Morgan fingerprint density at radius 1 is 1.09 bits per heavy atom. The number of ether oxygens (including phenoxy) is 2. The van der Waals surface area contributed by atoms with Gasteiger partial charge in [-0.2, -0.15) is 8.78 Å². The first kappa shape index (κ1) is 27.4. The largest absolute Gasteiger partial charge is 0.497 e. The lowest BCUT2D eigenvalue weighted by molar-refractivity contribution is -0.127. The van der Waals surface area contributed by atoms with E-state index in [9.17, 15) is 13.6 Å². The number of nitrogens with one attached hydrogen (secondary N) is 2. The molecule has 0 saturated heterocycles. The summed E-state index contributed by atoms with van der Waals surface area (Å²) in [6.07, 6.45) is 0.720. The molecule has 0 unspecified atom stereocenters. The first-order valence-electron chi connectivity index (χ1n) is 9.77. The molecule has 2 rings (SSSR count). The van der Waals surface area contributed by atoms with E-state index in [1.54, 1.807) is 39.4 Å². The summed E-state index contributed by atoms with van der Waals surface area (Å²) in [6, 6.07) is 14.2. The van der Waals surface area contributed by atoms with Crippen molar-refractivity contribution < 1.29 is 23.0 Å². The quantitative estimate of drug-likeness (QED) is 0.264. The number of nitrogens with zero attached hydrogens (tertiary/aromatic N) is 2. The molecular weight excluding hydrogens is 533 g/mol. The number of hydrogen-bond acceptors (Lipinski definition) is 4. The zero-order chi connectivity index (χ0) is 22.6. The van der Waals surface area contributed by atoms with Crippen molar-refractivity contribution in [2.75, 3.05) is 34.3 Å². The van der Waals surface area contributed by atoms with Gasteiger partial charge in [-0.25, -0.2) is 4.99 Å². The number of halogens is 3. The molecule has 1 amide bonds. The van der Waals surface area contributed by atoms with Crippen molar-refractivity contribution in [3.8, 4) is 11.5 Å². The summed E-state index contributed by atoms with van der Waals surface area (Å²) in [7, 11) is 4.94. The van der Waals surface area contributed by atoms with Crippen molar-refractivity contribution in [2.24, 2.45) is 4.99 Å². The van der Waals surface area contributed by atoms with Crippen LogP contribution in [0.15, 0.2) is 53.5 Å². The van der Waals surface area contributed by atoms with E-state index in [-0.39, 0.29) is 48.7 Å². The van der Waals surface area contributed by atoms with Gasteiger partial charge < -0.3 is 25.0 Å². The zero-order valence-corrected chi connectivity index (χ0v) is 20.6. The normalized spacial score (nSPS) is 10.9. The van der Waals surface area contributed by atoms with Crippen molar-refractivity contribution in [3.05, 3.63) is 59.7 Å². The minimum absolute atomic E-state index is 0. The topological polar surface area (TPSA) is 75.2 Å². The molecule has 0 fully saturated rings. The molecule has 7 nitrogen and oxygen atoms in total. The van der Waals surface area contributed by atoms with E-state index in [0.29, 0.717) is 18.1 Å². The maximum Gasteiger partial charge on any atom is 0.387 e. The summed E-state index contributed by atoms with van der Waals surface area (Å²) in [5.74, 6) is 1.14. The molecule has 0 bridgehead atoms. The fourth-order valence-corrected chi connectivity index (χ4v) is 2.62. The first-order chi connectivity index (χ1) is 14.9. The molecule has 0 aliphatic heterocycles. The number of guanidine groups is 1. The molecular formula is C22H29F2IN4O3. The third-order valence-corrected chi connectivity index (χ3v) is 4.37. The van der Waals surface area contributed by atoms with Crippen LogP contribution in [0.2, 0.25) is 0 Å². The van der Waals surface area contributed by atoms with E-state index < -0.39 is 6.61 Å². The van der Waals surface area contributed by atoms with E-state index >= 15 is 0 Å². The Kier molecular flexibility index (Phi) is 12.4. The third-order valence-electron chi connectivity index (χ3n) is 4.37. The summed E-state index contributed by atoms with van der Waals surface area (Å²) in [5, 5.41) is 6.14. The third kappa shape index (κ3) is 9.67. The molecule has 2 aromatic rings. The van der Waals surface area contributed by atoms with Gasteiger partial charge in [0.15, 0.2) is 5.96 Å². The first-order valence-corrected chi connectivity index (χ1v) is 9.77. The second kappa shape index (κ2) is 14.4. The van der Waals surface area contributed by atoms with Gasteiger partial charge in [-0.15, -0.1) is 24.0 Å². The summed E-state index contributed by atoms with van der Waals surface area (Å²) in [4.78, 5) is 17.8. The molecule has 10 heteroatoms. The molecule has 32 heavy (non-hydrogen) atoms. The molecule has 0 spiro atoms. The van der Waals surface area contributed by atoms with Gasteiger partial charge in [-0.05, 0) is 30.2 Å². The number of likely N-dealkylation sites (N-methyl/N-ethyl adjacent to an activating group) is 1. The smallest absolute Gasteiger partial charge is 0.387 e. The molecule has 0 radical (unpaired) electrons. The predicted molar refractivity (Wildman–Crippen MR) is 131 cm³/mol. The number of rotatable bonds is 10. The molecule has 0 aliphatic carbocycles. The summed E-state index contributed by atoms with van der Waals surface area (Å²) < 4.78 is 35.0. The van der Waals surface area contributed by atoms with Gasteiger partial charge in [0.2, 0.25) is 5.91 Å². The van der Waals surface area contributed by atoms with Gasteiger partial charge in [0, 0.05) is 26.2 Å². The zero-order valence-electron chi connectivity index (χ0n) is 18.3. The highest BCUT2D eigenvalue weighted by molar-refractivity contribution is 14.0. The van der Waals surface area contributed by atoms with Crippen LogP contribution in [0.3, 0.4) is 0 Å². The maximum absolute atomic E-state index is 12.6. The second-order valence-corrected chi connectivity index (χ2v) is 6.82. The molecule has 176 valence electrons. The average molecular weight is 562 g/mol. The average Bonchev–Trinajstić information content (AvgIpc) is 2.75. The molecule has 2 N–H and O–H groups in total. The van der Waals surface area contributed by atoms with Crippen LogP contribution in [-0.2, 0) is 17.8 Å². The Balaban J connectivity index is 0.00000512. The predicted octanol–water partition coefficient (Wildman–Crippen LogP) is 3.28. The van der Waals surface area contributed by atoms with E-state index in [2.05, 4.69) is 20.4 Å². The number of carbonyl (C=O) groups is 1. The lowest BCUT2D eigenvalue weighted by Crippen LogP contribution is -2.43. The highest BCUT2D eigenvalue weighted by Gasteiger charge is 2.10. The number of amides is 1. The Morgan fingerprint density at radius 3 is 2.41 bits per heavy atom. The summed E-state index contributed by atoms with van der Waals surface area (Å²) >= 11 is 0. The van der Waals surface area contributed by atoms with E-state index in [1.807, 2.05) is 24.3 Å². The SMILES string of the molecule is COc1ccc(CCNC(=NCc2ccccc2OC(F)F)NCC(=O)N(C)C)cc1.I. The minimum atomic E-state index is -2.91. The van der Waals surface area contributed by atoms with Crippen LogP contribution in [-0.4, -0.2) is 57.7 Å². The van der Waals surface area contributed by atoms with Crippen LogP contribution in [0.5, 0.6) is 11.5 Å². The van der Waals surface area contributed by atoms with Crippen LogP contribution in [0.1, 0.15) is 11.1 Å². The van der Waals surface area contributed by atoms with Crippen molar-refractivity contribution >= 4 is 35.8 Å². The van der Waals surface area contributed by atoms with Crippen molar-refractivity contribution in [1.82, 2.24) is 15.5 Å². The van der Waals surface area contributed by atoms with Crippen molar-refractivity contribution in [1.29, 1.82) is 0 Å². The Hall–Kier alpha value is -2.63. The van der Waals surface area contributed by atoms with Crippen molar-refractivity contribution in [3.63, 3.8) is 0 Å². The van der Waals surface area contributed by atoms with Crippen LogP contribution in [0.4, 0.5) is 8.78 Å². The molecule has 0 aromatic heterocycles. The Morgan fingerprint density at radius 2 is 1.78 bits per heavy atom. The highest BCUT2D eigenvalue weighted by Crippen LogP contribution is 2.21. The number of alkyl halides is 2. The summed E-state index contributed by atoms with van der Waals surface area (Å²) in [5.41, 5.74) is 1.62. The summed E-state index contributed by atoms with van der Waals surface area (Å²) in [6.45, 7) is -2.19. The lowest BCUT2D eigenvalue weighted by atomic mass is 10.1. The van der Waals surface area contributed by atoms with Gasteiger partial charge in [0.25, 0.3) is 0 Å². The second-order valence-electron chi connectivity index (χ2n) is 6.82. The van der Waals surface area contributed by atoms with Gasteiger partial charge in [0.1, 0.15) is 11.5 Å². The van der Waals surface area contributed by atoms with Gasteiger partial charge >= 0.3 is 6.61 Å². The maximum atomic E-state index is 12.6. The van der Waals surface area contributed by atoms with Crippen LogP contribution in [0.25, 0.3) is 0 Å². The Bertz CT molecular complexity index is 865. The molecule has 0 atom stereocenters. The van der Waals surface area contributed by atoms with Crippen molar-refractivity contribution in [2.45, 2.75) is 19.6 Å². The fourth-order valence-electron chi connectivity index (χ4n) is 2.62. The van der Waals surface area contributed by atoms with Crippen LogP contribution in [0, 0.1) is 0 Å². The van der Waals surface area contributed by atoms with E-state index in [1.165, 1.54) is 11.0 Å². The van der Waals surface area contributed by atoms with Crippen LogP contribution < -0.4 is 20.1 Å².